The smallest absolute Gasteiger partial charge is 0.262 e. The van der Waals surface area contributed by atoms with E-state index in [1.54, 1.807) is 10.6 Å². The van der Waals surface area contributed by atoms with Crippen LogP contribution in [0.5, 0.6) is 0 Å². The second-order valence-electron chi connectivity index (χ2n) is 7.60. The summed E-state index contributed by atoms with van der Waals surface area (Å²) in [6, 6.07) is 13.2. The Hall–Kier alpha value is -2.64. The number of hydrogen-bond donors (Lipinski definition) is 1. The van der Waals surface area contributed by atoms with Gasteiger partial charge >= 0.3 is 0 Å². The molecule has 3 aromatic rings. The van der Waals surface area contributed by atoms with Crippen LogP contribution in [0.4, 0.5) is 5.69 Å². The predicted octanol–water partition coefficient (Wildman–Crippen LogP) is 3.92. The van der Waals surface area contributed by atoms with Gasteiger partial charge in [0.15, 0.2) is 5.16 Å². The van der Waals surface area contributed by atoms with Gasteiger partial charge in [0.05, 0.1) is 29.3 Å². The monoisotopic (exact) mass is 423 g/mol. The molecule has 2 aromatic carbocycles. The Bertz CT molecular complexity index is 1140. The number of nitrogens with one attached hydrogen (secondary N) is 1. The topological polar surface area (TPSA) is 73.2 Å². The van der Waals surface area contributed by atoms with Crippen LogP contribution < -0.4 is 10.9 Å². The van der Waals surface area contributed by atoms with E-state index >= 15 is 0 Å². The predicted molar refractivity (Wildman–Crippen MR) is 120 cm³/mol. The number of nitrogens with zero attached hydrogens (tertiary/aromatic N) is 2. The lowest BCUT2D eigenvalue weighted by atomic mass is 10.1. The largest absolute Gasteiger partial charge is 0.376 e. The maximum atomic E-state index is 13.1. The van der Waals surface area contributed by atoms with Crippen LogP contribution >= 0.6 is 11.8 Å². The average molecular weight is 424 g/mol. The van der Waals surface area contributed by atoms with Gasteiger partial charge < -0.3 is 10.1 Å². The van der Waals surface area contributed by atoms with Crippen molar-refractivity contribution in [1.29, 1.82) is 0 Å². The molecule has 1 aliphatic heterocycles. The van der Waals surface area contributed by atoms with Crippen molar-refractivity contribution in [2.45, 2.75) is 44.5 Å². The molecule has 7 heteroatoms. The van der Waals surface area contributed by atoms with E-state index < -0.39 is 0 Å². The fourth-order valence-electron chi connectivity index (χ4n) is 3.56. The normalized spacial score (nSPS) is 16.1. The van der Waals surface area contributed by atoms with E-state index in [9.17, 15) is 9.59 Å². The Morgan fingerprint density at radius 1 is 1.23 bits per heavy atom. The van der Waals surface area contributed by atoms with Gasteiger partial charge in [-0.3, -0.25) is 14.2 Å². The number of carbonyl (C=O) groups is 1. The summed E-state index contributed by atoms with van der Waals surface area (Å²) in [7, 11) is 0. The SMILES string of the molecule is Cc1ccc(NC(=O)CSc2nc3ccccc3c(=O)n2C[C@@H]2CCCO2)cc1C. The van der Waals surface area contributed by atoms with Crippen molar-refractivity contribution in [2.24, 2.45) is 0 Å². The number of carbonyl (C=O) groups excluding carboxylic acids is 1. The number of amides is 1. The van der Waals surface area contributed by atoms with Crippen LogP contribution in [-0.4, -0.2) is 33.9 Å². The molecule has 1 saturated heterocycles. The molecule has 1 aliphatic rings. The van der Waals surface area contributed by atoms with E-state index in [-0.39, 0.29) is 23.3 Å². The second kappa shape index (κ2) is 9.02. The zero-order valence-electron chi connectivity index (χ0n) is 17.2. The minimum atomic E-state index is -0.130. The van der Waals surface area contributed by atoms with Crippen molar-refractivity contribution in [1.82, 2.24) is 9.55 Å². The Morgan fingerprint density at radius 3 is 2.83 bits per heavy atom. The summed E-state index contributed by atoms with van der Waals surface area (Å²) >= 11 is 1.28. The van der Waals surface area contributed by atoms with Crippen LogP contribution in [0, 0.1) is 13.8 Å². The van der Waals surface area contributed by atoms with Crippen molar-refractivity contribution in [3.8, 4) is 0 Å². The molecule has 0 spiro atoms. The van der Waals surface area contributed by atoms with Crippen LogP contribution in [0.15, 0.2) is 52.4 Å². The fourth-order valence-corrected chi connectivity index (χ4v) is 4.37. The van der Waals surface area contributed by atoms with Gasteiger partial charge in [-0.1, -0.05) is 30.0 Å². The van der Waals surface area contributed by atoms with E-state index in [2.05, 4.69) is 10.3 Å². The van der Waals surface area contributed by atoms with E-state index in [4.69, 9.17) is 4.74 Å². The number of fused-ring (bicyclic) bond motifs is 1. The van der Waals surface area contributed by atoms with Crippen LogP contribution in [-0.2, 0) is 16.1 Å². The van der Waals surface area contributed by atoms with E-state index in [0.29, 0.717) is 22.6 Å². The fraction of sp³-hybridized carbons (Fsp3) is 0.348. The Morgan fingerprint density at radius 2 is 2.07 bits per heavy atom. The van der Waals surface area contributed by atoms with Crippen LogP contribution in [0.2, 0.25) is 0 Å². The van der Waals surface area contributed by atoms with Gasteiger partial charge in [-0.15, -0.1) is 0 Å². The molecule has 0 radical (unpaired) electrons. The third-order valence-electron chi connectivity index (χ3n) is 5.36. The molecule has 6 nitrogen and oxygen atoms in total. The summed E-state index contributed by atoms with van der Waals surface area (Å²) in [4.78, 5) is 30.3. The minimum absolute atomic E-state index is 0.00868. The first-order valence-electron chi connectivity index (χ1n) is 10.1. The lowest BCUT2D eigenvalue weighted by Gasteiger charge is -2.16. The highest BCUT2D eigenvalue weighted by Gasteiger charge is 2.20. The first-order valence-corrected chi connectivity index (χ1v) is 11.1. The lowest BCUT2D eigenvalue weighted by Crippen LogP contribution is -2.29. The molecule has 4 rings (SSSR count). The van der Waals surface area contributed by atoms with Gasteiger partial charge in [-0.05, 0) is 62.1 Å². The average Bonchev–Trinajstić information content (AvgIpc) is 3.25. The summed E-state index contributed by atoms with van der Waals surface area (Å²) in [5.74, 6) is 0.0396. The summed E-state index contributed by atoms with van der Waals surface area (Å²) in [6.45, 7) is 5.23. The Balaban J connectivity index is 1.55. The molecule has 0 unspecified atom stereocenters. The van der Waals surface area contributed by atoms with Crippen molar-refractivity contribution in [3.63, 3.8) is 0 Å². The third kappa shape index (κ3) is 4.57. The zero-order chi connectivity index (χ0) is 21.1. The number of ether oxygens (including phenoxy) is 1. The number of rotatable bonds is 6. The number of thioether (sulfide) groups is 1. The maximum Gasteiger partial charge on any atom is 0.262 e. The molecule has 30 heavy (non-hydrogen) atoms. The molecule has 0 saturated carbocycles. The van der Waals surface area contributed by atoms with Crippen molar-refractivity contribution >= 4 is 34.3 Å². The van der Waals surface area contributed by atoms with Crippen LogP contribution in [0.1, 0.15) is 24.0 Å². The molecule has 0 aliphatic carbocycles. The highest BCUT2D eigenvalue weighted by atomic mass is 32.2. The van der Waals surface area contributed by atoms with Crippen molar-refractivity contribution in [2.75, 3.05) is 17.7 Å². The molecular formula is C23H25N3O3S. The van der Waals surface area contributed by atoms with Gasteiger partial charge in [-0.2, -0.15) is 0 Å². The Kier molecular flexibility index (Phi) is 6.20. The molecular weight excluding hydrogens is 398 g/mol. The van der Waals surface area contributed by atoms with Gasteiger partial charge in [0.2, 0.25) is 5.91 Å². The summed E-state index contributed by atoms with van der Waals surface area (Å²) in [5, 5.41) is 4.05. The highest BCUT2D eigenvalue weighted by Crippen LogP contribution is 2.22. The summed E-state index contributed by atoms with van der Waals surface area (Å²) in [6.07, 6.45) is 1.94. The zero-order valence-corrected chi connectivity index (χ0v) is 18.0. The second-order valence-corrected chi connectivity index (χ2v) is 8.54. The van der Waals surface area contributed by atoms with Crippen LogP contribution in [0.3, 0.4) is 0 Å². The van der Waals surface area contributed by atoms with Crippen molar-refractivity contribution in [3.05, 3.63) is 63.9 Å². The molecule has 1 aromatic heterocycles. The first-order chi connectivity index (χ1) is 14.5. The molecule has 1 atom stereocenters. The number of anilines is 1. The highest BCUT2D eigenvalue weighted by molar-refractivity contribution is 7.99. The quantitative estimate of drug-likeness (QED) is 0.480. The van der Waals surface area contributed by atoms with Gasteiger partial charge in [0.25, 0.3) is 5.56 Å². The molecule has 1 N–H and O–H groups in total. The van der Waals surface area contributed by atoms with Gasteiger partial charge in [-0.25, -0.2) is 4.98 Å². The molecule has 156 valence electrons. The number of aromatic nitrogens is 2. The number of benzene rings is 2. The summed E-state index contributed by atoms with van der Waals surface area (Å²) < 4.78 is 7.39. The molecule has 2 heterocycles. The van der Waals surface area contributed by atoms with E-state index in [1.165, 1.54) is 17.3 Å². The molecule has 1 amide bonds. The Labute approximate surface area is 179 Å². The number of para-hydroxylation sites is 1. The third-order valence-corrected chi connectivity index (χ3v) is 6.34. The maximum absolute atomic E-state index is 13.1. The molecule has 0 bridgehead atoms. The number of aryl methyl sites for hydroxylation is 2. The number of hydrogen-bond acceptors (Lipinski definition) is 5. The minimum Gasteiger partial charge on any atom is -0.376 e. The standard InChI is InChI=1S/C23H25N3O3S/c1-15-9-10-17(12-16(15)2)24-21(27)14-30-23-25-20-8-4-3-7-19(20)22(28)26(23)13-18-6-5-11-29-18/h3-4,7-10,12,18H,5-6,11,13-14H2,1-2H3,(H,24,27)/t18-/m0/s1. The van der Waals surface area contributed by atoms with E-state index in [1.807, 2.05) is 50.2 Å². The first kappa shape index (κ1) is 20.6. The van der Waals surface area contributed by atoms with E-state index in [0.717, 1.165) is 30.7 Å². The van der Waals surface area contributed by atoms with Gasteiger partial charge in [0, 0.05) is 12.3 Å². The van der Waals surface area contributed by atoms with Crippen molar-refractivity contribution < 1.29 is 9.53 Å². The summed E-state index contributed by atoms with van der Waals surface area (Å²) in [5.41, 5.74) is 3.63. The van der Waals surface area contributed by atoms with Gasteiger partial charge in [0.1, 0.15) is 0 Å². The molecule has 1 fully saturated rings. The van der Waals surface area contributed by atoms with Crippen LogP contribution in [0.25, 0.3) is 10.9 Å². The lowest BCUT2D eigenvalue weighted by molar-refractivity contribution is -0.113.